The number of amides is 2. The Morgan fingerprint density at radius 3 is 1.96 bits per heavy atom. The van der Waals surface area contributed by atoms with E-state index in [1.807, 2.05) is 72.2 Å². The van der Waals surface area contributed by atoms with E-state index in [4.69, 9.17) is 0 Å². The standard InChI is InChI=1S/C22H26N2O2/c1-17-4-8-19(9-5-17)16-21(25)23-12-3-13-24(15-14-23)22(26)20-10-6-18(2)7-11-20/h4-11H,3,12-16H2,1-2H3. The molecule has 0 bridgehead atoms. The van der Waals surface area contributed by atoms with Crippen LogP contribution in [0.4, 0.5) is 0 Å². The summed E-state index contributed by atoms with van der Waals surface area (Å²) in [4.78, 5) is 29.1. The fourth-order valence-electron chi connectivity index (χ4n) is 3.24. The van der Waals surface area contributed by atoms with Crippen LogP contribution in [-0.2, 0) is 11.2 Å². The van der Waals surface area contributed by atoms with Crippen LogP contribution in [0.25, 0.3) is 0 Å². The van der Waals surface area contributed by atoms with Gasteiger partial charge in [-0.2, -0.15) is 0 Å². The second kappa shape index (κ2) is 8.17. The van der Waals surface area contributed by atoms with Crippen molar-refractivity contribution in [2.75, 3.05) is 26.2 Å². The molecular weight excluding hydrogens is 324 g/mol. The van der Waals surface area contributed by atoms with Crippen molar-refractivity contribution in [2.24, 2.45) is 0 Å². The van der Waals surface area contributed by atoms with Gasteiger partial charge in [-0.15, -0.1) is 0 Å². The molecule has 0 atom stereocenters. The Labute approximate surface area is 155 Å². The van der Waals surface area contributed by atoms with Crippen molar-refractivity contribution in [3.05, 3.63) is 70.8 Å². The maximum absolute atomic E-state index is 12.7. The van der Waals surface area contributed by atoms with Crippen molar-refractivity contribution in [1.82, 2.24) is 9.80 Å². The Balaban J connectivity index is 1.58. The number of carbonyl (C=O) groups excluding carboxylic acids is 2. The molecule has 0 radical (unpaired) electrons. The second-order valence-electron chi connectivity index (χ2n) is 7.05. The zero-order valence-electron chi connectivity index (χ0n) is 15.6. The molecule has 1 saturated heterocycles. The van der Waals surface area contributed by atoms with Gasteiger partial charge in [-0.05, 0) is 38.0 Å². The topological polar surface area (TPSA) is 40.6 Å². The average molecular weight is 350 g/mol. The predicted molar refractivity (Wildman–Crippen MR) is 103 cm³/mol. The summed E-state index contributed by atoms with van der Waals surface area (Å²) in [6, 6.07) is 15.8. The first-order valence-electron chi connectivity index (χ1n) is 9.22. The summed E-state index contributed by atoms with van der Waals surface area (Å²) in [7, 11) is 0. The third kappa shape index (κ3) is 4.51. The molecule has 0 aromatic heterocycles. The van der Waals surface area contributed by atoms with Crippen molar-refractivity contribution in [2.45, 2.75) is 26.7 Å². The molecule has 2 amide bonds. The van der Waals surface area contributed by atoms with Gasteiger partial charge in [0.15, 0.2) is 0 Å². The zero-order chi connectivity index (χ0) is 18.5. The summed E-state index contributed by atoms with van der Waals surface area (Å²) in [5, 5.41) is 0. The molecule has 1 aliphatic heterocycles. The lowest BCUT2D eigenvalue weighted by Gasteiger charge is -2.22. The maximum Gasteiger partial charge on any atom is 0.253 e. The van der Waals surface area contributed by atoms with E-state index in [9.17, 15) is 9.59 Å². The van der Waals surface area contributed by atoms with Gasteiger partial charge in [-0.1, -0.05) is 47.5 Å². The number of aryl methyl sites for hydroxylation is 2. The summed E-state index contributed by atoms with van der Waals surface area (Å²) in [6.45, 7) is 6.65. The molecule has 0 saturated carbocycles. The highest BCUT2D eigenvalue weighted by Crippen LogP contribution is 2.12. The molecule has 1 fully saturated rings. The fourth-order valence-corrected chi connectivity index (χ4v) is 3.24. The summed E-state index contributed by atoms with van der Waals surface area (Å²) in [6.07, 6.45) is 1.24. The molecule has 0 aliphatic carbocycles. The van der Waals surface area contributed by atoms with Crippen LogP contribution in [0.15, 0.2) is 48.5 Å². The Morgan fingerprint density at radius 2 is 1.31 bits per heavy atom. The number of benzene rings is 2. The highest BCUT2D eigenvalue weighted by molar-refractivity contribution is 5.94. The highest BCUT2D eigenvalue weighted by atomic mass is 16.2. The maximum atomic E-state index is 12.7. The van der Waals surface area contributed by atoms with Crippen molar-refractivity contribution in [3.63, 3.8) is 0 Å². The molecule has 2 aromatic carbocycles. The number of hydrogen-bond acceptors (Lipinski definition) is 2. The van der Waals surface area contributed by atoms with Gasteiger partial charge in [0.2, 0.25) is 5.91 Å². The predicted octanol–water partition coefficient (Wildman–Crippen LogP) is 3.22. The van der Waals surface area contributed by atoms with E-state index >= 15 is 0 Å². The quantitative estimate of drug-likeness (QED) is 0.853. The molecule has 0 N–H and O–H groups in total. The van der Waals surface area contributed by atoms with Crippen LogP contribution >= 0.6 is 0 Å². The first kappa shape index (κ1) is 18.2. The van der Waals surface area contributed by atoms with Crippen molar-refractivity contribution in [1.29, 1.82) is 0 Å². The van der Waals surface area contributed by atoms with Gasteiger partial charge in [0.05, 0.1) is 6.42 Å². The van der Waals surface area contributed by atoms with Gasteiger partial charge in [0, 0.05) is 31.7 Å². The molecule has 2 aromatic rings. The SMILES string of the molecule is Cc1ccc(CC(=O)N2CCCN(C(=O)c3ccc(C)cc3)CC2)cc1. The molecule has 4 nitrogen and oxygen atoms in total. The lowest BCUT2D eigenvalue weighted by atomic mass is 10.1. The van der Waals surface area contributed by atoms with Gasteiger partial charge in [-0.3, -0.25) is 9.59 Å². The first-order valence-corrected chi connectivity index (χ1v) is 9.22. The van der Waals surface area contributed by atoms with Gasteiger partial charge < -0.3 is 9.80 Å². The van der Waals surface area contributed by atoms with Crippen LogP contribution in [0, 0.1) is 13.8 Å². The van der Waals surface area contributed by atoms with E-state index in [-0.39, 0.29) is 11.8 Å². The van der Waals surface area contributed by atoms with E-state index in [1.54, 1.807) is 0 Å². The highest BCUT2D eigenvalue weighted by Gasteiger charge is 2.22. The smallest absolute Gasteiger partial charge is 0.253 e. The number of rotatable bonds is 3. The van der Waals surface area contributed by atoms with Crippen LogP contribution in [-0.4, -0.2) is 47.8 Å². The van der Waals surface area contributed by atoms with E-state index in [0.29, 0.717) is 32.6 Å². The molecule has 136 valence electrons. The summed E-state index contributed by atoms with van der Waals surface area (Å²) < 4.78 is 0. The van der Waals surface area contributed by atoms with Crippen LogP contribution in [0.5, 0.6) is 0 Å². The minimum absolute atomic E-state index is 0.0535. The summed E-state index contributed by atoms with van der Waals surface area (Å²) in [5.74, 6) is 0.191. The Kier molecular flexibility index (Phi) is 5.71. The molecule has 26 heavy (non-hydrogen) atoms. The molecule has 0 unspecified atom stereocenters. The average Bonchev–Trinajstić information content (AvgIpc) is 2.90. The minimum Gasteiger partial charge on any atom is -0.341 e. The minimum atomic E-state index is 0.0535. The number of nitrogens with zero attached hydrogens (tertiary/aromatic N) is 2. The fraction of sp³-hybridized carbons (Fsp3) is 0.364. The Bertz CT molecular complexity index is 766. The third-order valence-electron chi connectivity index (χ3n) is 4.91. The molecule has 0 spiro atoms. The molecule has 1 aliphatic rings. The van der Waals surface area contributed by atoms with Crippen molar-refractivity contribution >= 4 is 11.8 Å². The van der Waals surface area contributed by atoms with E-state index < -0.39 is 0 Å². The largest absolute Gasteiger partial charge is 0.341 e. The van der Waals surface area contributed by atoms with Gasteiger partial charge in [0.25, 0.3) is 5.91 Å². The normalized spacial score (nSPS) is 14.8. The molecule has 3 rings (SSSR count). The summed E-state index contributed by atoms with van der Waals surface area (Å²) in [5.41, 5.74) is 4.10. The van der Waals surface area contributed by atoms with Crippen LogP contribution in [0.3, 0.4) is 0 Å². The lowest BCUT2D eigenvalue weighted by Crippen LogP contribution is -2.38. The Hall–Kier alpha value is -2.62. The summed E-state index contributed by atoms with van der Waals surface area (Å²) >= 11 is 0. The zero-order valence-corrected chi connectivity index (χ0v) is 15.6. The van der Waals surface area contributed by atoms with E-state index in [2.05, 4.69) is 0 Å². The van der Waals surface area contributed by atoms with E-state index in [0.717, 1.165) is 23.1 Å². The van der Waals surface area contributed by atoms with Crippen LogP contribution in [0.1, 0.15) is 33.5 Å². The van der Waals surface area contributed by atoms with Gasteiger partial charge in [0.1, 0.15) is 0 Å². The van der Waals surface area contributed by atoms with E-state index in [1.165, 1.54) is 5.56 Å². The van der Waals surface area contributed by atoms with Crippen molar-refractivity contribution in [3.8, 4) is 0 Å². The van der Waals surface area contributed by atoms with Crippen molar-refractivity contribution < 1.29 is 9.59 Å². The first-order chi connectivity index (χ1) is 12.5. The van der Waals surface area contributed by atoms with Crippen LogP contribution < -0.4 is 0 Å². The number of hydrogen-bond donors (Lipinski definition) is 0. The number of carbonyl (C=O) groups is 2. The monoisotopic (exact) mass is 350 g/mol. The molecular formula is C22H26N2O2. The molecule has 4 heteroatoms. The molecule has 1 heterocycles. The lowest BCUT2D eigenvalue weighted by molar-refractivity contribution is -0.130. The van der Waals surface area contributed by atoms with Crippen LogP contribution in [0.2, 0.25) is 0 Å². The third-order valence-corrected chi connectivity index (χ3v) is 4.91. The van der Waals surface area contributed by atoms with Gasteiger partial charge >= 0.3 is 0 Å². The Morgan fingerprint density at radius 1 is 0.769 bits per heavy atom. The second-order valence-corrected chi connectivity index (χ2v) is 7.05. The van der Waals surface area contributed by atoms with Gasteiger partial charge in [-0.25, -0.2) is 0 Å².